The Balaban J connectivity index is 1.89. The first kappa shape index (κ1) is 24.2. The molecule has 3 aliphatic rings. The summed E-state index contributed by atoms with van der Waals surface area (Å²) in [5.41, 5.74) is 14.4. The average molecular weight is 481 g/mol. The van der Waals surface area contributed by atoms with Crippen molar-refractivity contribution in [3.63, 3.8) is 0 Å². The largest absolute Gasteiger partial charge is 0.355 e. The number of aromatic amines is 2. The summed E-state index contributed by atoms with van der Waals surface area (Å²) in [6.45, 7) is 15.5. The van der Waals surface area contributed by atoms with Crippen molar-refractivity contribution in [1.82, 2.24) is 9.55 Å². The van der Waals surface area contributed by atoms with Gasteiger partial charge < -0.3 is 4.98 Å². The van der Waals surface area contributed by atoms with E-state index in [1.54, 1.807) is 0 Å². The van der Waals surface area contributed by atoms with E-state index in [-0.39, 0.29) is 0 Å². The van der Waals surface area contributed by atoms with Gasteiger partial charge in [0.2, 0.25) is 0 Å². The van der Waals surface area contributed by atoms with E-state index in [0.29, 0.717) is 0 Å². The quantitative estimate of drug-likeness (QED) is 0.646. The van der Waals surface area contributed by atoms with Crippen LogP contribution in [-0.4, -0.2) is 21.0 Å². The van der Waals surface area contributed by atoms with Gasteiger partial charge in [0, 0.05) is 23.7 Å². The van der Waals surface area contributed by atoms with E-state index in [0.717, 1.165) is 60.0 Å². The maximum absolute atomic E-state index is 5.14. The van der Waals surface area contributed by atoms with Crippen LogP contribution in [0.2, 0.25) is 0 Å². The van der Waals surface area contributed by atoms with Crippen molar-refractivity contribution in [3.8, 4) is 0 Å². The summed E-state index contributed by atoms with van der Waals surface area (Å²) >= 11 is 0. The van der Waals surface area contributed by atoms with Gasteiger partial charge in [0.05, 0.1) is 35.9 Å². The predicted octanol–water partition coefficient (Wildman–Crippen LogP) is 4.92. The Kier molecular flexibility index (Phi) is 6.19. The molecule has 2 aromatic rings. The minimum Gasteiger partial charge on any atom is -0.355 e. The van der Waals surface area contributed by atoms with Crippen LogP contribution >= 0.6 is 0 Å². The van der Waals surface area contributed by atoms with E-state index in [1.807, 2.05) is 0 Å². The lowest BCUT2D eigenvalue weighted by Crippen LogP contribution is -2.16. The van der Waals surface area contributed by atoms with Crippen LogP contribution in [-0.2, 0) is 19.9 Å². The van der Waals surface area contributed by atoms with E-state index in [4.69, 9.17) is 9.98 Å². The van der Waals surface area contributed by atoms with Gasteiger partial charge in [-0.25, -0.2) is 19.5 Å². The summed E-state index contributed by atoms with van der Waals surface area (Å²) in [7, 11) is 2.11. The van der Waals surface area contributed by atoms with Crippen LogP contribution < -0.4 is 15.7 Å². The van der Waals surface area contributed by atoms with Crippen LogP contribution in [0.1, 0.15) is 82.7 Å². The Morgan fingerprint density at radius 3 is 1.69 bits per heavy atom. The second-order valence-electron chi connectivity index (χ2n) is 9.94. The zero-order valence-corrected chi connectivity index (χ0v) is 23.0. The third kappa shape index (κ3) is 3.73. The van der Waals surface area contributed by atoms with Gasteiger partial charge in [0.25, 0.3) is 5.82 Å². The highest BCUT2D eigenvalue weighted by molar-refractivity contribution is 6.24. The van der Waals surface area contributed by atoms with Crippen LogP contribution in [0, 0.1) is 6.92 Å². The first-order valence-electron chi connectivity index (χ1n) is 13.3. The normalized spacial score (nSPS) is 17.1. The summed E-state index contributed by atoms with van der Waals surface area (Å²) in [5.74, 6) is 1.04. The first-order valence-corrected chi connectivity index (χ1v) is 13.3. The molecular formula is C31H38N5+. The summed E-state index contributed by atoms with van der Waals surface area (Å²) in [6, 6.07) is 0. The van der Waals surface area contributed by atoms with Crippen molar-refractivity contribution in [3.05, 3.63) is 72.7 Å². The third-order valence-corrected chi connectivity index (χ3v) is 8.11. The van der Waals surface area contributed by atoms with E-state index >= 15 is 0 Å². The standard InChI is InChI=1S/C31H37N5/c1-9-20-17(5)24-13-26-19(7)36(8)31(35-26)16-25-18(6)21(10-2)28(33-25)15-30-23(12-4)22(11-3)29(34-30)14-27(20)32-24/h13-16,34H,9-12H2,1-8H3/p+1. The fraction of sp³-hybridized carbons (Fsp3) is 0.387. The molecular weight excluding hydrogens is 442 g/mol. The number of aliphatic imine (C=N–C) groups is 2. The molecule has 5 rings (SSSR count). The molecule has 0 saturated heterocycles. The zero-order chi connectivity index (χ0) is 25.7. The van der Waals surface area contributed by atoms with Gasteiger partial charge in [-0.1, -0.05) is 27.7 Å². The monoisotopic (exact) mass is 480 g/mol. The van der Waals surface area contributed by atoms with E-state index in [9.17, 15) is 0 Å². The Hall–Kier alpha value is -3.47. The van der Waals surface area contributed by atoms with Gasteiger partial charge in [-0.2, -0.15) is 0 Å². The Morgan fingerprint density at radius 1 is 0.722 bits per heavy atom. The number of fused-ring (bicyclic) bond motifs is 6. The highest BCUT2D eigenvalue weighted by Gasteiger charge is 2.25. The number of hydrogen-bond acceptors (Lipinski definition) is 2. The van der Waals surface area contributed by atoms with Crippen molar-refractivity contribution in [2.24, 2.45) is 17.0 Å². The molecule has 0 amide bonds. The van der Waals surface area contributed by atoms with Gasteiger partial charge in [-0.3, -0.25) is 0 Å². The molecule has 5 heterocycles. The smallest absolute Gasteiger partial charge is 0.281 e. The Labute approximate surface area is 214 Å². The molecule has 0 fully saturated rings. The Bertz CT molecular complexity index is 1470. The molecule has 0 unspecified atom stereocenters. The lowest BCUT2D eigenvalue weighted by molar-refractivity contribution is -0.383. The van der Waals surface area contributed by atoms with Crippen LogP contribution in [0.5, 0.6) is 0 Å². The lowest BCUT2D eigenvalue weighted by Gasteiger charge is -2.01. The molecule has 5 heteroatoms. The molecule has 5 nitrogen and oxygen atoms in total. The van der Waals surface area contributed by atoms with Gasteiger partial charge in [-0.15, -0.1) is 0 Å². The molecule has 0 aromatic carbocycles. The van der Waals surface area contributed by atoms with E-state index in [2.05, 4.69) is 94.4 Å². The van der Waals surface area contributed by atoms with E-state index < -0.39 is 0 Å². The topological polar surface area (TPSA) is 59.6 Å². The summed E-state index contributed by atoms with van der Waals surface area (Å²) in [4.78, 5) is 17.7. The number of imidazole rings is 1. The van der Waals surface area contributed by atoms with Crippen LogP contribution in [0.3, 0.4) is 0 Å². The van der Waals surface area contributed by atoms with Gasteiger partial charge in [-0.05, 0) is 85.1 Å². The maximum atomic E-state index is 5.14. The molecule has 2 N–H and O–H groups in total. The van der Waals surface area contributed by atoms with Gasteiger partial charge in [0.1, 0.15) is 5.69 Å². The van der Waals surface area contributed by atoms with Crippen molar-refractivity contribution in [2.45, 2.75) is 74.1 Å². The fourth-order valence-corrected chi connectivity index (χ4v) is 5.83. The molecule has 0 aliphatic carbocycles. The zero-order valence-electron chi connectivity index (χ0n) is 23.0. The highest BCUT2D eigenvalue weighted by Crippen LogP contribution is 2.31. The maximum Gasteiger partial charge on any atom is 0.281 e. The van der Waals surface area contributed by atoms with Gasteiger partial charge >= 0.3 is 0 Å². The number of allylic oxidation sites excluding steroid dienone is 4. The molecule has 186 valence electrons. The predicted molar refractivity (Wildman–Crippen MR) is 151 cm³/mol. The van der Waals surface area contributed by atoms with Crippen molar-refractivity contribution < 1.29 is 4.98 Å². The molecule has 2 aromatic heterocycles. The summed E-state index contributed by atoms with van der Waals surface area (Å²) < 4.78 is 2.21. The van der Waals surface area contributed by atoms with E-state index in [1.165, 1.54) is 49.8 Å². The molecule has 3 aliphatic heterocycles. The number of rotatable bonds is 4. The number of aromatic nitrogens is 3. The molecule has 8 bridgehead atoms. The van der Waals surface area contributed by atoms with Crippen LogP contribution in [0.15, 0.2) is 43.7 Å². The molecule has 0 spiro atoms. The first-order chi connectivity index (χ1) is 17.3. The molecule has 0 radical (unpaired) electrons. The van der Waals surface area contributed by atoms with Crippen molar-refractivity contribution in [1.29, 1.82) is 0 Å². The third-order valence-electron chi connectivity index (χ3n) is 8.11. The minimum absolute atomic E-state index is 0.953. The minimum atomic E-state index is 0.953. The number of hydrogen-bond donors (Lipinski definition) is 1. The number of H-pyrrole nitrogens is 2. The van der Waals surface area contributed by atoms with Gasteiger partial charge in [0.15, 0.2) is 5.69 Å². The second kappa shape index (κ2) is 9.20. The highest BCUT2D eigenvalue weighted by atomic mass is 15.1. The van der Waals surface area contributed by atoms with Crippen LogP contribution in [0.4, 0.5) is 0 Å². The lowest BCUT2D eigenvalue weighted by atomic mass is 10.0. The van der Waals surface area contributed by atoms with Crippen LogP contribution in [0.25, 0.3) is 24.3 Å². The number of nitrogens with one attached hydrogen (secondary N) is 2. The van der Waals surface area contributed by atoms with Crippen molar-refractivity contribution >= 4 is 35.7 Å². The summed E-state index contributed by atoms with van der Waals surface area (Å²) in [6.07, 6.45) is 12.8. The Morgan fingerprint density at radius 2 is 1.22 bits per heavy atom. The summed E-state index contributed by atoms with van der Waals surface area (Å²) in [5, 5.41) is 2.34. The molecule has 0 saturated carbocycles. The second-order valence-corrected chi connectivity index (χ2v) is 9.94. The fourth-order valence-electron chi connectivity index (χ4n) is 5.83. The number of nitrogens with zero attached hydrogens (tertiary/aromatic N) is 3. The van der Waals surface area contributed by atoms with Crippen molar-refractivity contribution in [2.75, 3.05) is 0 Å². The molecule has 0 atom stereocenters. The molecule has 36 heavy (non-hydrogen) atoms. The SMILES string of the molecule is CCC1=C(C)C2=Cc3[nH+]c(n(C)c3C)C=C3N=C(C=c4[nH]c(c(CC)c4CC)=CC1=N2)C(CC)=C3C. The average Bonchev–Trinajstić information content (AvgIpc) is 3.53.